The predicted molar refractivity (Wildman–Crippen MR) is 127 cm³/mol. The summed E-state index contributed by atoms with van der Waals surface area (Å²) in [6.45, 7) is 8.70. The number of anilines is 1. The molecule has 5 N–H and O–H groups in total. The first-order chi connectivity index (χ1) is 15.0. The number of piperidine rings is 1. The van der Waals surface area contributed by atoms with Crippen molar-refractivity contribution in [3.8, 4) is 0 Å². The van der Waals surface area contributed by atoms with Crippen LogP contribution in [0.25, 0.3) is 11.0 Å². The summed E-state index contributed by atoms with van der Waals surface area (Å²) in [6, 6.07) is 5.81. The maximum absolute atomic E-state index is 10.4. The van der Waals surface area contributed by atoms with Gasteiger partial charge >= 0.3 is 0 Å². The van der Waals surface area contributed by atoms with Crippen LogP contribution in [0, 0.1) is 5.92 Å². The third kappa shape index (κ3) is 6.48. The molecular formula is C24H37N5O2. The van der Waals surface area contributed by atoms with Crippen molar-refractivity contribution in [1.82, 2.24) is 14.5 Å². The number of fused-ring (bicyclic) bond motifs is 1. The first kappa shape index (κ1) is 23.2. The highest BCUT2D eigenvalue weighted by molar-refractivity contribution is 5.79. The highest BCUT2D eigenvalue weighted by atomic mass is 16.3. The second-order valence-electron chi connectivity index (χ2n) is 8.61. The standard InChI is InChI=1S/C24H37N5O2/c1-18(23(31)10-7-19(2)25)16-29-22-15-20(17-30)8-9-21(22)27-24(29)26-11-6-14-28-12-4-3-5-13-28/h7-10,15,18,30-31H,3-6,11-14,16-17,25H2,1-2H3,(H,26,27)/b19-7-,23-10+. The number of nitrogens with zero attached hydrogens (tertiary/aromatic N) is 3. The number of aromatic nitrogens is 2. The van der Waals surface area contributed by atoms with E-state index in [4.69, 9.17) is 10.7 Å². The average molecular weight is 428 g/mol. The zero-order valence-corrected chi connectivity index (χ0v) is 18.8. The number of rotatable bonds is 10. The van der Waals surface area contributed by atoms with E-state index in [-0.39, 0.29) is 18.3 Å². The van der Waals surface area contributed by atoms with Gasteiger partial charge in [0.2, 0.25) is 5.95 Å². The minimum Gasteiger partial charge on any atom is -0.512 e. The monoisotopic (exact) mass is 427 g/mol. The fourth-order valence-electron chi connectivity index (χ4n) is 4.02. The summed E-state index contributed by atoms with van der Waals surface area (Å²) in [5.41, 5.74) is 9.01. The van der Waals surface area contributed by atoms with Crippen molar-refractivity contribution in [1.29, 1.82) is 0 Å². The quantitative estimate of drug-likeness (QED) is 0.262. The summed E-state index contributed by atoms with van der Waals surface area (Å²) in [4.78, 5) is 7.32. The third-order valence-electron chi connectivity index (χ3n) is 5.86. The molecular weight excluding hydrogens is 390 g/mol. The topological polar surface area (TPSA) is 99.6 Å². The van der Waals surface area contributed by atoms with E-state index in [0.717, 1.165) is 42.1 Å². The average Bonchev–Trinajstić information content (AvgIpc) is 3.12. The lowest BCUT2D eigenvalue weighted by atomic mass is 10.1. The molecule has 7 heteroatoms. The van der Waals surface area contributed by atoms with Crippen LogP contribution in [-0.4, -0.2) is 50.8 Å². The van der Waals surface area contributed by atoms with Gasteiger partial charge < -0.3 is 30.7 Å². The molecule has 1 fully saturated rings. The van der Waals surface area contributed by atoms with E-state index in [1.54, 1.807) is 19.1 Å². The van der Waals surface area contributed by atoms with Crippen LogP contribution in [0.1, 0.15) is 45.1 Å². The summed E-state index contributed by atoms with van der Waals surface area (Å²) in [6.07, 6.45) is 8.40. The molecule has 2 heterocycles. The second-order valence-corrected chi connectivity index (χ2v) is 8.61. The van der Waals surface area contributed by atoms with Crippen molar-refractivity contribution < 1.29 is 10.2 Å². The predicted octanol–water partition coefficient (Wildman–Crippen LogP) is 3.76. The van der Waals surface area contributed by atoms with Crippen LogP contribution in [0.2, 0.25) is 0 Å². The number of aliphatic hydroxyl groups is 2. The van der Waals surface area contributed by atoms with E-state index in [1.165, 1.54) is 32.4 Å². The Morgan fingerprint density at radius 3 is 2.74 bits per heavy atom. The Morgan fingerprint density at radius 2 is 2.03 bits per heavy atom. The first-order valence-corrected chi connectivity index (χ1v) is 11.4. The van der Waals surface area contributed by atoms with Crippen LogP contribution in [-0.2, 0) is 13.2 Å². The van der Waals surface area contributed by atoms with Crippen LogP contribution >= 0.6 is 0 Å². The van der Waals surface area contributed by atoms with Crippen LogP contribution in [0.5, 0.6) is 0 Å². The zero-order valence-electron chi connectivity index (χ0n) is 18.8. The number of hydrogen-bond donors (Lipinski definition) is 4. The number of likely N-dealkylation sites (tertiary alicyclic amines) is 1. The molecule has 1 aromatic heterocycles. The number of aliphatic hydroxyl groups excluding tert-OH is 2. The van der Waals surface area contributed by atoms with Gasteiger partial charge in [-0.15, -0.1) is 0 Å². The SMILES string of the molecule is C/C(N)=C/C=C(/O)C(C)Cn1c(NCCCN2CCCCC2)nc2ccc(CO)cc21. The van der Waals surface area contributed by atoms with E-state index >= 15 is 0 Å². The number of benzene rings is 1. The van der Waals surface area contributed by atoms with E-state index in [1.807, 2.05) is 25.1 Å². The van der Waals surface area contributed by atoms with Crippen molar-refractivity contribution in [2.75, 3.05) is 31.5 Å². The molecule has 170 valence electrons. The van der Waals surface area contributed by atoms with Gasteiger partial charge in [0, 0.05) is 24.7 Å². The van der Waals surface area contributed by atoms with Gasteiger partial charge in [-0.1, -0.05) is 19.4 Å². The van der Waals surface area contributed by atoms with E-state index in [9.17, 15) is 10.2 Å². The summed E-state index contributed by atoms with van der Waals surface area (Å²) < 4.78 is 2.10. The molecule has 1 unspecified atom stereocenters. The van der Waals surface area contributed by atoms with Crippen LogP contribution in [0.3, 0.4) is 0 Å². The van der Waals surface area contributed by atoms with Crippen molar-refractivity contribution >= 4 is 17.0 Å². The molecule has 0 saturated carbocycles. The lowest BCUT2D eigenvalue weighted by molar-refractivity contribution is 0.228. The second kappa shape index (κ2) is 11.2. The molecule has 0 amide bonds. The van der Waals surface area contributed by atoms with E-state index in [2.05, 4.69) is 14.8 Å². The summed E-state index contributed by atoms with van der Waals surface area (Å²) in [5, 5.41) is 23.5. The van der Waals surface area contributed by atoms with Crippen LogP contribution in [0.15, 0.2) is 41.8 Å². The highest BCUT2D eigenvalue weighted by Gasteiger charge is 2.16. The molecule has 31 heavy (non-hydrogen) atoms. The molecule has 3 rings (SSSR count). The van der Waals surface area contributed by atoms with Crippen molar-refractivity contribution in [3.63, 3.8) is 0 Å². The lowest BCUT2D eigenvalue weighted by Gasteiger charge is -2.26. The van der Waals surface area contributed by atoms with Gasteiger partial charge in [-0.05, 0) is 75.7 Å². The summed E-state index contributed by atoms with van der Waals surface area (Å²) >= 11 is 0. The molecule has 1 aromatic carbocycles. The van der Waals surface area contributed by atoms with E-state index < -0.39 is 0 Å². The largest absolute Gasteiger partial charge is 0.512 e. The van der Waals surface area contributed by atoms with Crippen LogP contribution in [0.4, 0.5) is 5.95 Å². The molecule has 2 aromatic rings. The Kier molecular flexibility index (Phi) is 8.37. The van der Waals surface area contributed by atoms with Gasteiger partial charge in [0.05, 0.1) is 23.4 Å². The van der Waals surface area contributed by atoms with Crippen molar-refractivity contribution in [2.45, 2.75) is 52.7 Å². The normalized spacial score (nSPS) is 17.3. The van der Waals surface area contributed by atoms with Crippen molar-refractivity contribution in [2.24, 2.45) is 11.7 Å². The van der Waals surface area contributed by atoms with Gasteiger partial charge in [0.15, 0.2) is 0 Å². The van der Waals surface area contributed by atoms with Crippen LogP contribution < -0.4 is 11.1 Å². The highest BCUT2D eigenvalue weighted by Crippen LogP contribution is 2.24. The molecule has 0 radical (unpaired) electrons. The van der Waals surface area contributed by atoms with Gasteiger partial charge in [-0.25, -0.2) is 4.98 Å². The molecule has 1 aliphatic rings. The first-order valence-electron chi connectivity index (χ1n) is 11.4. The fourth-order valence-corrected chi connectivity index (χ4v) is 4.02. The number of hydrogen-bond acceptors (Lipinski definition) is 6. The summed E-state index contributed by atoms with van der Waals surface area (Å²) in [7, 11) is 0. The number of imidazole rings is 1. The Balaban J connectivity index is 1.74. The Bertz CT molecular complexity index is 908. The molecule has 0 aliphatic carbocycles. The molecule has 1 saturated heterocycles. The molecule has 7 nitrogen and oxygen atoms in total. The minimum atomic E-state index is -0.111. The van der Waals surface area contributed by atoms with Crippen molar-refractivity contribution in [3.05, 3.63) is 47.4 Å². The maximum atomic E-state index is 10.4. The fraction of sp³-hybridized carbons (Fsp3) is 0.542. The lowest BCUT2D eigenvalue weighted by Crippen LogP contribution is -2.31. The number of nitrogens with two attached hydrogens (primary N) is 1. The van der Waals surface area contributed by atoms with Gasteiger partial charge in [0.1, 0.15) is 0 Å². The van der Waals surface area contributed by atoms with Gasteiger partial charge in [-0.3, -0.25) is 0 Å². The summed E-state index contributed by atoms with van der Waals surface area (Å²) in [5.74, 6) is 0.967. The minimum absolute atomic E-state index is 0.0129. The Hall–Kier alpha value is -2.51. The Labute approximate surface area is 185 Å². The van der Waals surface area contributed by atoms with E-state index in [0.29, 0.717) is 12.2 Å². The Morgan fingerprint density at radius 1 is 1.26 bits per heavy atom. The maximum Gasteiger partial charge on any atom is 0.203 e. The molecule has 0 spiro atoms. The number of allylic oxidation sites excluding steroid dienone is 4. The van der Waals surface area contributed by atoms with Gasteiger partial charge in [0.25, 0.3) is 0 Å². The third-order valence-corrected chi connectivity index (χ3v) is 5.86. The van der Waals surface area contributed by atoms with Gasteiger partial charge in [-0.2, -0.15) is 0 Å². The molecule has 1 atom stereocenters. The molecule has 1 aliphatic heterocycles. The number of nitrogens with one attached hydrogen (secondary N) is 1. The zero-order chi connectivity index (χ0) is 22.2. The molecule has 0 bridgehead atoms. The smallest absolute Gasteiger partial charge is 0.203 e.